The van der Waals surface area contributed by atoms with Crippen LogP contribution in [0.4, 0.5) is 15.9 Å². The highest BCUT2D eigenvalue weighted by Crippen LogP contribution is 2.33. The molecule has 4 heterocycles. The Morgan fingerprint density at radius 2 is 1.95 bits per heavy atom. The average Bonchev–Trinajstić information content (AvgIpc) is 3.46. The molecule has 1 aliphatic rings. The van der Waals surface area contributed by atoms with E-state index in [1.165, 1.54) is 34.0 Å². The number of nitrogens with two attached hydrogens (primary N) is 2. The zero-order valence-electron chi connectivity index (χ0n) is 19.1. The van der Waals surface area contributed by atoms with Gasteiger partial charge < -0.3 is 25.6 Å². The number of hydrogen-bond donors (Lipinski definition) is 3. The lowest BCUT2D eigenvalue weighted by Gasteiger charge is -2.25. The summed E-state index contributed by atoms with van der Waals surface area (Å²) in [5.41, 5.74) is 12.6. The van der Waals surface area contributed by atoms with Gasteiger partial charge in [-0.25, -0.2) is 9.07 Å². The number of carbonyl (C=O) groups excluding carboxylic acids is 2. The molecule has 0 unspecified atom stereocenters. The van der Waals surface area contributed by atoms with Gasteiger partial charge in [0, 0.05) is 22.7 Å². The van der Waals surface area contributed by atoms with Gasteiger partial charge in [0.25, 0.3) is 17.5 Å². The molecule has 37 heavy (non-hydrogen) atoms. The maximum Gasteiger partial charge on any atom is 0.269 e. The van der Waals surface area contributed by atoms with Gasteiger partial charge in [-0.3, -0.25) is 14.8 Å². The monoisotopic (exact) mass is 504 g/mol. The molecule has 1 fully saturated rings. The van der Waals surface area contributed by atoms with Crippen LogP contribution < -0.4 is 21.1 Å². The van der Waals surface area contributed by atoms with Crippen molar-refractivity contribution in [2.24, 2.45) is 5.73 Å². The Morgan fingerprint density at radius 3 is 2.70 bits per heavy atom. The van der Waals surface area contributed by atoms with Gasteiger partial charge in [-0.2, -0.15) is 5.10 Å². The summed E-state index contributed by atoms with van der Waals surface area (Å²) < 4.78 is 28.4. The van der Waals surface area contributed by atoms with E-state index in [0.29, 0.717) is 35.5 Å². The Labute approximate surface area is 207 Å². The summed E-state index contributed by atoms with van der Waals surface area (Å²) in [5.74, 6) is -1.70. The van der Waals surface area contributed by atoms with Crippen LogP contribution in [0.1, 0.15) is 10.5 Å². The van der Waals surface area contributed by atoms with Crippen LogP contribution in [0.25, 0.3) is 38.8 Å². The lowest BCUT2D eigenvalue weighted by Crippen LogP contribution is -2.43. The molecule has 13 heteroatoms. The Hall–Kier alpha value is -5.04. The number of amides is 2. The Balaban J connectivity index is 1.52. The number of fused-ring (bicyclic) bond motifs is 2. The smallest absolute Gasteiger partial charge is 0.269 e. The predicted molar refractivity (Wildman–Crippen MR) is 128 cm³/mol. The summed E-state index contributed by atoms with van der Waals surface area (Å²) >= 11 is 0. The molecule has 0 saturated carbocycles. The Bertz CT molecular complexity index is 1740. The standard InChI is InChI=1S/C24H18FN7O5/c25-20-14(17-5-1-13(10-31(17)35)30-7-8-36-11-19(30)33)3-4-15-21(24(27)34)28-32(22(15)20)12-2-6-18-16(9-12)23(26)29-37-18/h1-6,9-10H,7-8,11H2,(H4-,26,27,28,29,34,35)/p+1. The van der Waals surface area contributed by atoms with Gasteiger partial charge in [0.05, 0.1) is 23.2 Å². The molecule has 186 valence electrons. The topological polar surface area (TPSA) is 167 Å². The van der Waals surface area contributed by atoms with Crippen molar-refractivity contribution in [2.75, 3.05) is 30.4 Å². The number of nitrogens with zero attached hydrogens (tertiary/aromatic N) is 5. The number of benzene rings is 2. The van der Waals surface area contributed by atoms with Crippen molar-refractivity contribution < 1.29 is 33.2 Å². The van der Waals surface area contributed by atoms with E-state index in [9.17, 15) is 14.8 Å². The highest BCUT2D eigenvalue weighted by molar-refractivity contribution is 6.05. The van der Waals surface area contributed by atoms with E-state index in [-0.39, 0.29) is 46.2 Å². The normalized spacial score (nSPS) is 14.1. The van der Waals surface area contributed by atoms with E-state index in [2.05, 4.69) is 10.3 Å². The van der Waals surface area contributed by atoms with E-state index in [4.69, 9.17) is 20.7 Å². The molecule has 12 nitrogen and oxygen atoms in total. The van der Waals surface area contributed by atoms with E-state index in [1.807, 2.05) is 0 Å². The minimum Gasteiger partial charge on any atom is -0.380 e. The first-order valence-electron chi connectivity index (χ1n) is 11.1. The first kappa shape index (κ1) is 22.4. The minimum absolute atomic E-state index is 0.0256. The van der Waals surface area contributed by atoms with Crippen molar-refractivity contribution in [3.63, 3.8) is 0 Å². The van der Waals surface area contributed by atoms with E-state index in [1.54, 1.807) is 24.3 Å². The van der Waals surface area contributed by atoms with Gasteiger partial charge in [-0.1, -0.05) is 5.16 Å². The fourth-order valence-corrected chi connectivity index (χ4v) is 4.45. The van der Waals surface area contributed by atoms with Crippen LogP contribution in [0, 0.1) is 5.82 Å². The molecular formula is C24H19FN7O5+. The fraction of sp³-hybridized carbons (Fsp3) is 0.125. The average molecular weight is 504 g/mol. The second kappa shape index (κ2) is 8.27. The molecule has 2 aromatic carbocycles. The van der Waals surface area contributed by atoms with Gasteiger partial charge in [-0.15, -0.1) is 0 Å². The number of ether oxygens (including phenoxy) is 1. The third-order valence-electron chi connectivity index (χ3n) is 6.23. The van der Waals surface area contributed by atoms with Gasteiger partial charge in [0.2, 0.25) is 6.20 Å². The molecular weight excluding hydrogens is 485 g/mol. The third-order valence-corrected chi connectivity index (χ3v) is 6.23. The van der Waals surface area contributed by atoms with Gasteiger partial charge in [-0.05, 0) is 36.4 Å². The van der Waals surface area contributed by atoms with Crippen LogP contribution >= 0.6 is 0 Å². The largest absolute Gasteiger partial charge is 0.380 e. The molecule has 5 aromatic rings. The molecule has 0 spiro atoms. The first-order chi connectivity index (χ1) is 17.8. The predicted octanol–water partition coefficient (Wildman–Crippen LogP) is 1.54. The number of nitrogen functional groups attached to an aromatic ring is 1. The molecule has 0 aliphatic carbocycles. The van der Waals surface area contributed by atoms with E-state index >= 15 is 4.39 Å². The summed E-state index contributed by atoms with van der Waals surface area (Å²) in [5, 5.41) is 19.4. The maximum absolute atomic E-state index is 16.1. The SMILES string of the molecule is NC(=O)c1nn(-c2ccc3onc(N)c3c2)c2c(F)c(-c3ccc(N4CCOCC4=O)c[n+]3O)ccc12. The van der Waals surface area contributed by atoms with Crippen molar-refractivity contribution in [1.82, 2.24) is 14.9 Å². The number of rotatable bonds is 4. The number of morpholine rings is 1. The summed E-state index contributed by atoms with van der Waals surface area (Å²) in [6.45, 7) is 0.633. The van der Waals surface area contributed by atoms with E-state index < -0.39 is 11.7 Å². The van der Waals surface area contributed by atoms with Crippen LogP contribution in [-0.4, -0.2) is 51.7 Å². The number of hydrogen-bond acceptors (Lipinski definition) is 8. The minimum atomic E-state index is -0.835. The summed E-state index contributed by atoms with van der Waals surface area (Å²) in [6.07, 6.45) is 1.32. The molecule has 2 amide bonds. The first-order valence-corrected chi connectivity index (χ1v) is 11.1. The van der Waals surface area contributed by atoms with Gasteiger partial charge in [0.15, 0.2) is 22.9 Å². The third kappa shape index (κ3) is 3.51. The van der Waals surface area contributed by atoms with Gasteiger partial charge >= 0.3 is 0 Å². The van der Waals surface area contributed by atoms with Crippen LogP contribution in [0.3, 0.4) is 0 Å². The van der Waals surface area contributed by atoms with Crippen molar-refractivity contribution in [2.45, 2.75) is 0 Å². The molecule has 6 rings (SSSR count). The van der Waals surface area contributed by atoms with Gasteiger partial charge in [0.1, 0.15) is 17.8 Å². The number of pyridine rings is 1. The number of anilines is 2. The van der Waals surface area contributed by atoms with Crippen molar-refractivity contribution >= 4 is 45.2 Å². The molecule has 0 bridgehead atoms. The highest BCUT2D eigenvalue weighted by atomic mass is 19.1. The second-order valence-electron chi connectivity index (χ2n) is 8.41. The van der Waals surface area contributed by atoms with Crippen LogP contribution in [-0.2, 0) is 9.53 Å². The fourth-order valence-electron chi connectivity index (χ4n) is 4.45. The Kier molecular flexibility index (Phi) is 5.01. The van der Waals surface area contributed by atoms with Crippen molar-refractivity contribution in [3.05, 3.63) is 60.2 Å². The maximum atomic E-state index is 16.1. The van der Waals surface area contributed by atoms with Crippen LogP contribution in [0.2, 0.25) is 0 Å². The number of aromatic nitrogens is 4. The summed E-state index contributed by atoms with van der Waals surface area (Å²) in [6, 6.07) is 10.8. The zero-order chi connectivity index (χ0) is 25.8. The number of halogens is 1. The lowest BCUT2D eigenvalue weighted by atomic mass is 10.1. The summed E-state index contributed by atoms with van der Waals surface area (Å²) in [4.78, 5) is 25.7. The van der Waals surface area contributed by atoms with Crippen LogP contribution in [0.15, 0.2) is 53.2 Å². The lowest BCUT2D eigenvalue weighted by molar-refractivity contribution is -0.895. The van der Waals surface area contributed by atoms with E-state index in [0.717, 1.165) is 4.73 Å². The molecule has 1 saturated heterocycles. The molecule has 1 aliphatic heterocycles. The molecule has 5 N–H and O–H groups in total. The molecule has 0 radical (unpaired) electrons. The molecule has 0 atom stereocenters. The van der Waals surface area contributed by atoms with Crippen LogP contribution in [0.5, 0.6) is 0 Å². The second-order valence-corrected chi connectivity index (χ2v) is 8.41. The number of carbonyl (C=O) groups is 2. The van der Waals surface area contributed by atoms with Crippen molar-refractivity contribution in [3.8, 4) is 16.9 Å². The molecule has 3 aromatic heterocycles. The van der Waals surface area contributed by atoms with Crippen molar-refractivity contribution in [1.29, 1.82) is 0 Å². The Morgan fingerprint density at radius 1 is 1.14 bits per heavy atom. The quantitative estimate of drug-likeness (QED) is 0.245. The number of primary amides is 1. The highest BCUT2D eigenvalue weighted by Gasteiger charge is 2.28. The zero-order valence-corrected chi connectivity index (χ0v) is 19.1. The summed E-state index contributed by atoms with van der Waals surface area (Å²) in [7, 11) is 0.